The van der Waals surface area contributed by atoms with E-state index in [1.54, 1.807) is 0 Å². The van der Waals surface area contributed by atoms with E-state index in [9.17, 15) is 4.79 Å². The lowest BCUT2D eigenvalue weighted by Gasteiger charge is -2.33. The van der Waals surface area contributed by atoms with Crippen LogP contribution < -0.4 is 15.5 Å². The number of nitrogens with zero attached hydrogens (tertiary/aromatic N) is 3. The van der Waals surface area contributed by atoms with E-state index in [2.05, 4.69) is 51.7 Å². The highest BCUT2D eigenvalue weighted by molar-refractivity contribution is 5.93. The van der Waals surface area contributed by atoms with Gasteiger partial charge in [-0.05, 0) is 63.3 Å². The molecule has 2 saturated heterocycles. The van der Waals surface area contributed by atoms with Crippen LogP contribution in [0.3, 0.4) is 0 Å². The van der Waals surface area contributed by atoms with Crippen molar-refractivity contribution >= 4 is 17.6 Å². The van der Waals surface area contributed by atoms with Crippen LogP contribution in [0.1, 0.15) is 57.4 Å². The fourth-order valence-corrected chi connectivity index (χ4v) is 4.26. The molecule has 0 bridgehead atoms. The molecule has 0 radical (unpaired) electrons. The topological polar surface area (TPSA) is 60.0 Å². The highest BCUT2D eigenvalue weighted by Gasteiger charge is 2.19. The van der Waals surface area contributed by atoms with E-state index in [1.165, 1.54) is 31.4 Å². The Morgan fingerprint density at radius 3 is 2.62 bits per heavy atom. The van der Waals surface area contributed by atoms with E-state index in [4.69, 9.17) is 0 Å². The molecule has 1 unspecified atom stereocenters. The van der Waals surface area contributed by atoms with Crippen molar-refractivity contribution in [2.75, 3.05) is 38.1 Å². The Kier molecular flexibility index (Phi) is 8.35. The number of piperidine rings is 2. The first-order valence-electron chi connectivity index (χ1n) is 11.3. The quantitative estimate of drug-likeness (QED) is 0.420. The number of aliphatic imine (C=N–C) groups is 1. The molecule has 2 fully saturated rings. The Labute approximate surface area is 175 Å². The van der Waals surface area contributed by atoms with Crippen molar-refractivity contribution in [1.82, 2.24) is 15.5 Å². The summed E-state index contributed by atoms with van der Waals surface area (Å²) in [5, 5.41) is 6.81. The molecule has 2 aliphatic heterocycles. The molecule has 1 aromatic rings. The number of hydrogen-bond donors (Lipinski definition) is 2. The Bertz CT molecular complexity index is 672. The second kappa shape index (κ2) is 11.2. The van der Waals surface area contributed by atoms with Crippen LogP contribution in [-0.2, 0) is 11.3 Å². The monoisotopic (exact) mass is 399 g/mol. The fraction of sp³-hybridized carbons (Fsp3) is 0.652. The van der Waals surface area contributed by atoms with E-state index in [1.807, 2.05) is 11.9 Å². The second-order valence-electron chi connectivity index (χ2n) is 8.26. The summed E-state index contributed by atoms with van der Waals surface area (Å²) in [6, 6.07) is 9.01. The molecule has 3 rings (SSSR count). The van der Waals surface area contributed by atoms with Gasteiger partial charge in [-0.3, -0.25) is 9.79 Å². The molecule has 1 atom stereocenters. The van der Waals surface area contributed by atoms with Crippen LogP contribution in [0.2, 0.25) is 0 Å². The summed E-state index contributed by atoms with van der Waals surface area (Å²) in [7, 11) is 1.81. The van der Waals surface area contributed by atoms with Gasteiger partial charge in [0.05, 0.1) is 0 Å². The van der Waals surface area contributed by atoms with Crippen LogP contribution >= 0.6 is 0 Å². The molecular formula is C23H37N5O. The Morgan fingerprint density at radius 1 is 1.10 bits per heavy atom. The third kappa shape index (κ3) is 6.46. The van der Waals surface area contributed by atoms with Gasteiger partial charge in [0.2, 0.25) is 5.91 Å². The summed E-state index contributed by atoms with van der Waals surface area (Å²) < 4.78 is 0. The van der Waals surface area contributed by atoms with Crippen molar-refractivity contribution in [3.8, 4) is 0 Å². The van der Waals surface area contributed by atoms with E-state index in [0.29, 0.717) is 6.42 Å². The van der Waals surface area contributed by atoms with Gasteiger partial charge in [0.15, 0.2) is 5.96 Å². The van der Waals surface area contributed by atoms with Gasteiger partial charge in [0, 0.05) is 51.4 Å². The molecule has 0 aliphatic carbocycles. The number of carbonyl (C=O) groups excluding carboxylic acids is 1. The standard InChI is InChI=1S/C23H37N5O/c1-19-8-3-5-15-27(19)16-7-14-25-23(24-2)26-18-20-10-12-21(13-11-20)28-17-6-4-9-22(28)29/h10-13,19H,3-9,14-18H2,1-2H3,(H2,24,25,26). The molecule has 0 saturated carbocycles. The molecule has 6 nitrogen and oxygen atoms in total. The molecule has 2 N–H and O–H groups in total. The SMILES string of the molecule is CN=C(NCCCN1CCCCC1C)NCc1ccc(N2CCCCC2=O)cc1. The maximum atomic E-state index is 12.1. The van der Waals surface area contributed by atoms with Crippen LogP contribution in [0.4, 0.5) is 5.69 Å². The number of amides is 1. The smallest absolute Gasteiger partial charge is 0.226 e. The summed E-state index contributed by atoms with van der Waals surface area (Å²) in [6.07, 6.45) is 7.95. The largest absolute Gasteiger partial charge is 0.356 e. The molecule has 1 amide bonds. The Balaban J connectivity index is 1.38. The van der Waals surface area contributed by atoms with E-state index < -0.39 is 0 Å². The third-order valence-corrected chi connectivity index (χ3v) is 6.11. The highest BCUT2D eigenvalue weighted by atomic mass is 16.2. The van der Waals surface area contributed by atoms with Gasteiger partial charge >= 0.3 is 0 Å². The number of rotatable bonds is 7. The van der Waals surface area contributed by atoms with Crippen LogP contribution in [0.25, 0.3) is 0 Å². The number of benzene rings is 1. The first kappa shape index (κ1) is 21.6. The lowest BCUT2D eigenvalue weighted by molar-refractivity contribution is -0.119. The number of likely N-dealkylation sites (tertiary alicyclic amines) is 1. The Morgan fingerprint density at radius 2 is 1.90 bits per heavy atom. The molecule has 160 valence electrons. The predicted molar refractivity (Wildman–Crippen MR) is 120 cm³/mol. The average molecular weight is 400 g/mol. The minimum absolute atomic E-state index is 0.241. The van der Waals surface area contributed by atoms with Crippen molar-refractivity contribution in [1.29, 1.82) is 0 Å². The summed E-state index contributed by atoms with van der Waals surface area (Å²) in [5.41, 5.74) is 2.19. The summed E-state index contributed by atoms with van der Waals surface area (Å²) in [5.74, 6) is 1.08. The van der Waals surface area contributed by atoms with Crippen LogP contribution in [-0.4, -0.2) is 56.0 Å². The molecule has 0 aromatic heterocycles. The minimum atomic E-state index is 0.241. The third-order valence-electron chi connectivity index (χ3n) is 6.11. The molecule has 29 heavy (non-hydrogen) atoms. The van der Waals surface area contributed by atoms with E-state index in [0.717, 1.165) is 63.1 Å². The van der Waals surface area contributed by atoms with Gasteiger partial charge in [0.1, 0.15) is 0 Å². The van der Waals surface area contributed by atoms with E-state index in [-0.39, 0.29) is 5.91 Å². The maximum Gasteiger partial charge on any atom is 0.226 e. The number of anilines is 1. The molecule has 2 heterocycles. The van der Waals surface area contributed by atoms with Crippen LogP contribution in [0.15, 0.2) is 29.3 Å². The zero-order valence-corrected chi connectivity index (χ0v) is 18.1. The minimum Gasteiger partial charge on any atom is -0.356 e. The maximum absolute atomic E-state index is 12.1. The lowest BCUT2D eigenvalue weighted by Crippen LogP contribution is -2.41. The predicted octanol–water partition coefficient (Wildman–Crippen LogP) is 3.13. The van der Waals surface area contributed by atoms with Gasteiger partial charge in [-0.25, -0.2) is 0 Å². The van der Waals surface area contributed by atoms with Crippen LogP contribution in [0, 0.1) is 0 Å². The normalized spacial score (nSPS) is 21.3. The first-order chi connectivity index (χ1) is 14.2. The average Bonchev–Trinajstić information content (AvgIpc) is 2.75. The van der Waals surface area contributed by atoms with Crippen molar-refractivity contribution in [2.45, 2.75) is 64.5 Å². The molecule has 0 spiro atoms. The van der Waals surface area contributed by atoms with Gasteiger partial charge in [-0.2, -0.15) is 0 Å². The van der Waals surface area contributed by atoms with Crippen molar-refractivity contribution in [2.24, 2.45) is 4.99 Å². The molecule has 6 heteroatoms. The van der Waals surface area contributed by atoms with Gasteiger partial charge in [0.25, 0.3) is 0 Å². The lowest BCUT2D eigenvalue weighted by atomic mass is 10.0. The van der Waals surface area contributed by atoms with Crippen LogP contribution in [0.5, 0.6) is 0 Å². The number of nitrogens with one attached hydrogen (secondary N) is 2. The first-order valence-corrected chi connectivity index (χ1v) is 11.3. The zero-order chi connectivity index (χ0) is 20.5. The summed E-state index contributed by atoms with van der Waals surface area (Å²) in [6.45, 7) is 7.23. The number of hydrogen-bond acceptors (Lipinski definition) is 3. The van der Waals surface area contributed by atoms with Crippen molar-refractivity contribution in [3.63, 3.8) is 0 Å². The summed E-state index contributed by atoms with van der Waals surface area (Å²) >= 11 is 0. The summed E-state index contributed by atoms with van der Waals surface area (Å²) in [4.78, 5) is 20.9. The number of carbonyl (C=O) groups is 1. The highest BCUT2D eigenvalue weighted by Crippen LogP contribution is 2.21. The Hall–Kier alpha value is -2.08. The van der Waals surface area contributed by atoms with Crippen molar-refractivity contribution < 1.29 is 4.79 Å². The van der Waals surface area contributed by atoms with Crippen molar-refractivity contribution in [3.05, 3.63) is 29.8 Å². The molecule has 1 aromatic carbocycles. The molecular weight excluding hydrogens is 362 g/mol. The zero-order valence-electron chi connectivity index (χ0n) is 18.1. The fourth-order valence-electron chi connectivity index (χ4n) is 4.26. The second-order valence-corrected chi connectivity index (χ2v) is 8.26. The van der Waals surface area contributed by atoms with Gasteiger partial charge in [-0.1, -0.05) is 18.6 Å². The number of guanidine groups is 1. The van der Waals surface area contributed by atoms with Gasteiger partial charge in [-0.15, -0.1) is 0 Å². The van der Waals surface area contributed by atoms with E-state index >= 15 is 0 Å². The van der Waals surface area contributed by atoms with Gasteiger partial charge < -0.3 is 20.4 Å². The molecule has 2 aliphatic rings.